The van der Waals surface area contributed by atoms with E-state index >= 15 is 0 Å². The van der Waals surface area contributed by atoms with E-state index < -0.39 is 48.7 Å². The number of hydrogen-bond donors (Lipinski definition) is 0. The second kappa shape index (κ2) is 7.17. The molecule has 4 rings (SSSR count). The quantitative estimate of drug-likeness (QED) is 0.319. The Morgan fingerprint density at radius 3 is 2.07 bits per heavy atom. The van der Waals surface area contributed by atoms with Gasteiger partial charge in [0.1, 0.15) is 17.5 Å². The van der Waals surface area contributed by atoms with Gasteiger partial charge in [-0.1, -0.05) is 0 Å². The van der Waals surface area contributed by atoms with E-state index in [0.29, 0.717) is 18.2 Å². The minimum atomic E-state index is -4.52. The van der Waals surface area contributed by atoms with Crippen molar-refractivity contribution in [3.05, 3.63) is 89.9 Å². The van der Waals surface area contributed by atoms with Crippen LogP contribution in [0.1, 0.15) is 0 Å². The minimum absolute atomic E-state index is 0.0244. The summed E-state index contributed by atoms with van der Waals surface area (Å²) in [5.41, 5.74) is -0.241. The molecule has 4 aromatic rings. The van der Waals surface area contributed by atoms with Crippen LogP contribution in [0.25, 0.3) is 22.0 Å². The molecule has 0 N–H and O–H groups in total. The number of hydrogen-bond acceptors (Lipinski definition) is 3. The van der Waals surface area contributed by atoms with Gasteiger partial charge in [0.15, 0.2) is 11.6 Å². The molecule has 0 bridgehead atoms. The van der Waals surface area contributed by atoms with E-state index in [0.717, 1.165) is 36.5 Å². The topological polar surface area (TPSA) is 47.0 Å². The molecular weight excluding hydrogens is 425 g/mol. The monoisotopic (exact) mass is 435 g/mol. The first-order valence-electron chi connectivity index (χ1n) is 8.42. The maximum atomic E-state index is 13.9. The van der Waals surface area contributed by atoms with E-state index in [-0.39, 0.29) is 22.0 Å². The highest BCUT2D eigenvalue weighted by Gasteiger charge is 2.26. The number of pyridine rings is 1. The van der Waals surface area contributed by atoms with Gasteiger partial charge >= 0.3 is 0 Å². The first-order chi connectivity index (χ1) is 14.2. The lowest BCUT2D eigenvalue weighted by atomic mass is 10.0. The van der Waals surface area contributed by atoms with E-state index in [4.69, 9.17) is 0 Å². The number of rotatable bonds is 3. The van der Waals surface area contributed by atoms with E-state index in [9.17, 15) is 30.4 Å². The molecule has 152 valence electrons. The maximum Gasteiger partial charge on any atom is 0.208 e. The molecule has 0 aliphatic carbocycles. The van der Waals surface area contributed by atoms with Gasteiger partial charge in [0.05, 0.1) is 15.3 Å². The van der Waals surface area contributed by atoms with Crippen LogP contribution < -0.4 is 0 Å². The minimum Gasteiger partial charge on any atom is -0.255 e. The van der Waals surface area contributed by atoms with Crippen LogP contribution in [0.3, 0.4) is 0 Å². The second-order valence-corrected chi connectivity index (χ2v) is 8.31. The first kappa shape index (κ1) is 20.0. The average molecular weight is 435 g/mol. The normalized spacial score (nSPS) is 11.8. The van der Waals surface area contributed by atoms with Crippen LogP contribution in [-0.2, 0) is 9.84 Å². The van der Waals surface area contributed by atoms with Gasteiger partial charge in [0.2, 0.25) is 9.84 Å². The predicted octanol–water partition coefficient (Wildman–Crippen LogP) is 5.43. The zero-order chi connectivity index (χ0) is 21.6. The van der Waals surface area contributed by atoms with Crippen molar-refractivity contribution in [1.29, 1.82) is 0 Å². The molecule has 30 heavy (non-hydrogen) atoms. The van der Waals surface area contributed by atoms with Crippen molar-refractivity contribution in [2.75, 3.05) is 0 Å². The Kier molecular flexibility index (Phi) is 4.77. The van der Waals surface area contributed by atoms with Crippen LogP contribution in [0.5, 0.6) is 0 Å². The Bertz CT molecular complexity index is 1400. The van der Waals surface area contributed by atoms with Crippen LogP contribution in [0.15, 0.2) is 70.6 Å². The summed E-state index contributed by atoms with van der Waals surface area (Å²) < 4.78 is 94.9. The molecule has 0 saturated heterocycles. The molecule has 0 aliphatic heterocycles. The van der Waals surface area contributed by atoms with Gasteiger partial charge in [0, 0.05) is 23.2 Å². The number of halogens is 5. The highest BCUT2D eigenvalue weighted by molar-refractivity contribution is 7.91. The third kappa shape index (κ3) is 3.41. The van der Waals surface area contributed by atoms with Crippen molar-refractivity contribution in [2.45, 2.75) is 9.79 Å². The van der Waals surface area contributed by atoms with Gasteiger partial charge in [-0.15, -0.1) is 0 Å². The molecule has 0 fully saturated rings. The zero-order valence-corrected chi connectivity index (χ0v) is 15.7. The third-order valence-electron chi connectivity index (χ3n) is 4.44. The van der Waals surface area contributed by atoms with Crippen molar-refractivity contribution in [3.63, 3.8) is 0 Å². The van der Waals surface area contributed by atoms with Crippen LogP contribution in [0.2, 0.25) is 0 Å². The summed E-state index contributed by atoms with van der Waals surface area (Å²) in [7, 11) is -4.52. The van der Waals surface area contributed by atoms with E-state index in [1.54, 1.807) is 0 Å². The molecule has 3 aromatic carbocycles. The van der Waals surface area contributed by atoms with Crippen LogP contribution in [0.4, 0.5) is 22.0 Å². The lowest BCUT2D eigenvalue weighted by Gasteiger charge is -2.14. The molecule has 0 spiro atoms. The molecule has 0 radical (unpaired) electrons. The predicted molar refractivity (Wildman–Crippen MR) is 98.9 cm³/mol. The van der Waals surface area contributed by atoms with Gasteiger partial charge < -0.3 is 0 Å². The number of sulfone groups is 1. The van der Waals surface area contributed by atoms with Crippen molar-refractivity contribution in [2.24, 2.45) is 0 Å². The lowest BCUT2D eigenvalue weighted by Crippen LogP contribution is -2.07. The van der Waals surface area contributed by atoms with E-state index in [1.165, 1.54) is 6.07 Å². The summed E-state index contributed by atoms with van der Waals surface area (Å²) in [5.74, 6) is -5.34. The molecule has 0 unspecified atom stereocenters. The number of nitrogens with zero attached hydrogens (tertiary/aromatic N) is 1. The highest BCUT2D eigenvalue weighted by Crippen LogP contribution is 2.37. The fourth-order valence-corrected chi connectivity index (χ4v) is 4.56. The summed E-state index contributed by atoms with van der Waals surface area (Å²) in [5, 5.41) is -0.0244. The summed E-state index contributed by atoms with van der Waals surface area (Å²) in [6.45, 7) is 0. The number of aromatic nitrogens is 1. The van der Waals surface area contributed by atoms with E-state index in [2.05, 4.69) is 4.98 Å². The maximum absolute atomic E-state index is 13.9. The Hall–Kier alpha value is -3.33. The Morgan fingerprint density at radius 1 is 0.700 bits per heavy atom. The molecular formula is C21H10F5NO2S. The van der Waals surface area contributed by atoms with Crippen LogP contribution in [0, 0.1) is 29.1 Å². The van der Waals surface area contributed by atoms with Gasteiger partial charge in [-0.05, 0) is 54.1 Å². The fourth-order valence-electron chi connectivity index (χ4n) is 3.12. The number of fused-ring (bicyclic) bond motifs is 1. The zero-order valence-electron chi connectivity index (χ0n) is 14.8. The Morgan fingerprint density at radius 2 is 1.40 bits per heavy atom. The van der Waals surface area contributed by atoms with Gasteiger partial charge in [-0.25, -0.2) is 30.4 Å². The van der Waals surface area contributed by atoms with Gasteiger partial charge in [-0.2, -0.15) is 0 Å². The van der Waals surface area contributed by atoms with Crippen LogP contribution in [-0.4, -0.2) is 13.4 Å². The first-order valence-corrected chi connectivity index (χ1v) is 9.90. The Labute approximate surface area is 167 Å². The van der Waals surface area contributed by atoms with Crippen LogP contribution >= 0.6 is 0 Å². The van der Waals surface area contributed by atoms with Gasteiger partial charge in [0.25, 0.3) is 0 Å². The second-order valence-electron chi connectivity index (χ2n) is 6.40. The summed E-state index contributed by atoms with van der Waals surface area (Å²) >= 11 is 0. The van der Waals surface area contributed by atoms with E-state index in [1.807, 2.05) is 0 Å². The van der Waals surface area contributed by atoms with Crippen molar-refractivity contribution in [3.8, 4) is 11.1 Å². The third-order valence-corrected chi connectivity index (χ3v) is 6.20. The summed E-state index contributed by atoms with van der Waals surface area (Å²) in [4.78, 5) is 2.84. The summed E-state index contributed by atoms with van der Waals surface area (Å²) in [6, 6.07) is 7.67. The van der Waals surface area contributed by atoms with Crippen molar-refractivity contribution in [1.82, 2.24) is 4.98 Å². The molecule has 9 heteroatoms. The standard InChI is InChI=1S/C21H10F5NO2S/c22-12-1-4-19-16(8-12)21(11-5-13(23)7-14(24)6-11)20(10-27-19)30(28,29)15-2-3-17(25)18(26)9-15/h1-10H. The number of benzene rings is 3. The Balaban J connectivity index is 2.11. The molecule has 0 amide bonds. The molecule has 1 heterocycles. The molecule has 0 atom stereocenters. The lowest BCUT2D eigenvalue weighted by molar-refractivity contribution is 0.504. The largest absolute Gasteiger partial charge is 0.255 e. The molecule has 0 saturated carbocycles. The molecule has 3 nitrogen and oxygen atoms in total. The molecule has 1 aromatic heterocycles. The highest BCUT2D eigenvalue weighted by atomic mass is 32.2. The molecule has 0 aliphatic rings. The van der Waals surface area contributed by atoms with Crippen molar-refractivity contribution < 1.29 is 30.4 Å². The van der Waals surface area contributed by atoms with Gasteiger partial charge in [-0.3, -0.25) is 4.98 Å². The van der Waals surface area contributed by atoms with Crippen molar-refractivity contribution >= 4 is 20.7 Å². The fraction of sp³-hybridized carbons (Fsp3) is 0. The smallest absolute Gasteiger partial charge is 0.208 e. The average Bonchev–Trinajstić information content (AvgIpc) is 2.68. The SMILES string of the molecule is O=S(=O)(c1ccc(F)c(F)c1)c1cnc2ccc(F)cc2c1-c1cc(F)cc(F)c1. The summed E-state index contributed by atoms with van der Waals surface area (Å²) in [6.07, 6.45) is 0.926.